The second-order valence-electron chi connectivity index (χ2n) is 7.33. The molecule has 0 saturated carbocycles. The van der Waals surface area contributed by atoms with Gasteiger partial charge in [0.05, 0.1) is 16.6 Å². The van der Waals surface area contributed by atoms with Crippen LogP contribution in [0, 0.1) is 6.92 Å². The van der Waals surface area contributed by atoms with E-state index >= 15 is 0 Å². The van der Waals surface area contributed by atoms with Crippen LogP contribution in [0.2, 0.25) is 5.02 Å². The maximum atomic E-state index is 12.8. The average molecular weight is 443 g/mol. The molecule has 2 heterocycles. The van der Waals surface area contributed by atoms with Crippen LogP contribution in [0.1, 0.15) is 21.9 Å². The summed E-state index contributed by atoms with van der Waals surface area (Å²) in [6.45, 7) is 4.70. The molecule has 1 unspecified atom stereocenters. The van der Waals surface area contributed by atoms with Gasteiger partial charge in [-0.1, -0.05) is 23.7 Å². The third-order valence-electron chi connectivity index (χ3n) is 5.16. The van der Waals surface area contributed by atoms with Crippen molar-refractivity contribution in [3.05, 3.63) is 82.8 Å². The number of hydrogen-bond donors (Lipinski definition) is 0. The predicted molar refractivity (Wildman–Crippen MR) is 120 cm³/mol. The molecule has 1 aromatic heterocycles. The molecule has 0 N–H and O–H groups in total. The molecule has 1 fully saturated rings. The van der Waals surface area contributed by atoms with Crippen molar-refractivity contribution in [2.24, 2.45) is 0 Å². The van der Waals surface area contributed by atoms with Gasteiger partial charge in [-0.3, -0.25) is 9.00 Å². The summed E-state index contributed by atoms with van der Waals surface area (Å²) in [7, 11) is -1.21. The van der Waals surface area contributed by atoms with Crippen LogP contribution in [-0.4, -0.2) is 41.2 Å². The average Bonchev–Trinajstić information content (AvgIpc) is 3.22. The van der Waals surface area contributed by atoms with Crippen molar-refractivity contribution in [1.82, 2.24) is 4.90 Å². The summed E-state index contributed by atoms with van der Waals surface area (Å²) in [6, 6.07) is 18.8. The molecule has 2 aromatic carbocycles. The molecular formula is C23H23ClN2O3S. The molecule has 3 aromatic rings. The zero-order valence-electron chi connectivity index (χ0n) is 16.7. The third kappa shape index (κ3) is 4.77. The largest absolute Gasteiger partial charge is 0.455 e. The van der Waals surface area contributed by atoms with Crippen molar-refractivity contribution >= 4 is 34.0 Å². The Morgan fingerprint density at radius 3 is 2.47 bits per heavy atom. The lowest BCUT2D eigenvalue weighted by Gasteiger charge is -2.35. The number of carbonyl (C=O) groups is 1. The lowest BCUT2D eigenvalue weighted by molar-refractivity contribution is 0.0713. The van der Waals surface area contributed by atoms with Crippen molar-refractivity contribution in [3.8, 4) is 0 Å². The molecule has 7 heteroatoms. The lowest BCUT2D eigenvalue weighted by atomic mass is 10.2. The van der Waals surface area contributed by atoms with Gasteiger partial charge in [-0.25, -0.2) is 0 Å². The highest BCUT2D eigenvalue weighted by molar-refractivity contribution is 7.84. The van der Waals surface area contributed by atoms with Gasteiger partial charge in [-0.15, -0.1) is 0 Å². The summed E-state index contributed by atoms with van der Waals surface area (Å²) >= 11 is 5.96. The number of halogens is 1. The Morgan fingerprint density at radius 2 is 1.77 bits per heavy atom. The molecule has 5 nitrogen and oxygen atoms in total. The number of benzene rings is 2. The number of rotatable bonds is 5. The number of carbonyl (C=O) groups excluding carboxylic acids is 1. The standard InChI is InChI=1S/C23H23ClN2O3S/c1-17-3-2-4-21(15-17)30(28)16-20-9-10-22(29-20)23(27)26-13-11-25(12-14-26)19-7-5-18(24)6-8-19/h2-10,15H,11-14,16H2,1H3. The van der Waals surface area contributed by atoms with E-state index in [1.54, 1.807) is 17.0 Å². The van der Waals surface area contributed by atoms with Crippen LogP contribution < -0.4 is 4.90 Å². The minimum absolute atomic E-state index is 0.127. The zero-order valence-corrected chi connectivity index (χ0v) is 18.3. The van der Waals surface area contributed by atoms with E-state index in [2.05, 4.69) is 4.90 Å². The highest BCUT2D eigenvalue weighted by Crippen LogP contribution is 2.21. The maximum absolute atomic E-state index is 12.8. The van der Waals surface area contributed by atoms with E-state index in [9.17, 15) is 9.00 Å². The number of aryl methyl sites for hydroxylation is 1. The number of piperazine rings is 1. The van der Waals surface area contributed by atoms with E-state index in [4.69, 9.17) is 16.0 Å². The molecule has 4 rings (SSSR count). The van der Waals surface area contributed by atoms with Crippen molar-refractivity contribution < 1.29 is 13.4 Å². The number of anilines is 1. The third-order valence-corrected chi connectivity index (χ3v) is 6.74. The van der Waals surface area contributed by atoms with Gasteiger partial charge in [0.25, 0.3) is 5.91 Å². The molecule has 0 spiro atoms. The smallest absolute Gasteiger partial charge is 0.289 e. The highest BCUT2D eigenvalue weighted by atomic mass is 35.5. The number of hydrogen-bond acceptors (Lipinski definition) is 4. The van der Waals surface area contributed by atoms with E-state index < -0.39 is 10.8 Å². The fourth-order valence-corrected chi connectivity index (χ4v) is 4.77. The monoisotopic (exact) mass is 442 g/mol. The summed E-state index contributed by atoms with van der Waals surface area (Å²) in [6.07, 6.45) is 0. The fraction of sp³-hybridized carbons (Fsp3) is 0.261. The van der Waals surface area contributed by atoms with E-state index in [1.807, 2.05) is 55.5 Å². The van der Waals surface area contributed by atoms with Gasteiger partial charge < -0.3 is 14.2 Å². The van der Waals surface area contributed by atoms with E-state index in [1.165, 1.54) is 0 Å². The van der Waals surface area contributed by atoms with Gasteiger partial charge in [-0.2, -0.15) is 0 Å². The van der Waals surface area contributed by atoms with Crippen LogP contribution in [0.15, 0.2) is 70.0 Å². The highest BCUT2D eigenvalue weighted by Gasteiger charge is 2.24. The number of furan rings is 1. The number of nitrogens with zero attached hydrogens (tertiary/aromatic N) is 2. The van der Waals surface area contributed by atoms with Gasteiger partial charge >= 0.3 is 0 Å². The Labute approximate surface area is 183 Å². The molecule has 1 atom stereocenters. The molecule has 0 aliphatic carbocycles. The van der Waals surface area contributed by atoms with Gasteiger partial charge in [-0.05, 0) is 61.0 Å². The Bertz CT molecular complexity index is 1060. The van der Waals surface area contributed by atoms with Crippen molar-refractivity contribution in [2.45, 2.75) is 17.6 Å². The second-order valence-corrected chi connectivity index (χ2v) is 9.22. The lowest BCUT2D eigenvalue weighted by Crippen LogP contribution is -2.48. The van der Waals surface area contributed by atoms with E-state index in [-0.39, 0.29) is 11.7 Å². The normalized spacial score (nSPS) is 15.3. The summed E-state index contributed by atoms with van der Waals surface area (Å²) < 4.78 is 18.3. The Morgan fingerprint density at radius 1 is 1.03 bits per heavy atom. The maximum Gasteiger partial charge on any atom is 0.289 e. The first kappa shape index (κ1) is 20.7. The fourth-order valence-electron chi connectivity index (χ4n) is 3.52. The van der Waals surface area contributed by atoms with Gasteiger partial charge in [0, 0.05) is 41.8 Å². The summed E-state index contributed by atoms with van der Waals surface area (Å²) in [5.41, 5.74) is 2.17. The first-order valence-corrected chi connectivity index (χ1v) is 11.5. The molecule has 1 aliphatic rings. The molecule has 1 saturated heterocycles. The number of amides is 1. The topological polar surface area (TPSA) is 53.8 Å². The Kier molecular flexibility index (Phi) is 6.25. The summed E-state index contributed by atoms with van der Waals surface area (Å²) in [4.78, 5) is 17.6. The first-order valence-electron chi connectivity index (χ1n) is 9.83. The first-order chi connectivity index (χ1) is 14.5. The molecule has 30 heavy (non-hydrogen) atoms. The second kappa shape index (κ2) is 9.06. The van der Waals surface area contributed by atoms with Crippen LogP contribution in [0.5, 0.6) is 0 Å². The van der Waals surface area contributed by atoms with Gasteiger partial charge in [0.15, 0.2) is 5.76 Å². The van der Waals surface area contributed by atoms with E-state index in [0.29, 0.717) is 29.6 Å². The Balaban J connectivity index is 1.35. The molecule has 1 amide bonds. The molecule has 0 radical (unpaired) electrons. The van der Waals surface area contributed by atoms with Crippen LogP contribution in [-0.2, 0) is 16.6 Å². The SMILES string of the molecule is Cc1cccc(S(=O)Cc2ccc(C(=O)N3CCN(c4ccc(Cl)cc4)CC3)o2)c1. The Hall–Kier alpha value is -2.57. The zero-order chi connectivity index (χ0) is 21.1. The molecule has 0 bridgehead atoms. The van der Waals surface area contributed by atoms with Crippen molar-refractivity contribution in [3.63, 3.8) is 0 Å². The quantitative estimate of drug-likeness (QED) is 0.583. The van der Waals surface area contributed by atoms with Crippen LogP contribution in [0.25, 0.3) is 0 Å². The summed E-state index contributed by atoms with van der Waals surface area (Å²) in [5.74, 6) is 0.976. The minimum atomic E-state index is -1.21. The molecule has 156 valence electrons. The minimum Gasteiger partial charge on any atom is -0.455 e. The van der Waals surface area contributed by atoms with Gasteiger partial charge in [0.2, 0.25) is 0 Å². The molecule has 1 aliphatic heterocycles. The van der Waals surface area contributed by atoms with Crippen LogP contribution >= 0.6 is 11.6 Å². The van der Waals surface area contributed by atoms with Crippen LogP contribution in [0.3, 0.4) is 0 Å². The summed E-state index contributed by atoms with van der Waals surface area (Å²) in [5, 5.41) is 0.713. The van der Waals surface area contributed by atoms with Crippen molar-refractivity contribution in [2.75, 3.05) is 31.1 Å². The van der Waals surface area contributed by atoms with Gasteiger partial charge in [0.1, 0.15) is 5.76 Å². The predicted octanol–water partition coefficient (Wildman–Crippen LogP) is 4.51. The molecular weight excluding hydrogens is 420 g/mol. The van der Waals surface area contributed by atoms with Crippen molar-refractivity contribution in [1.29, 1.82) is 0 Å². The van der Waals surface area contributed by atoms with Crippen LogP contribution in [0.4, 0.5) is 5.69 Å². The van der Waals surface area contributed by atoms with E-state index in [0.717, 1.165) is 29.2 Å².